The number of hydrogen-bond donors (Lipinski definition) is 0. The molecule has 3 heterocycles. The smallest absolute Gasteiger partial charge is 0.435 e. The number of alkyl halides is 3. The minimum absolute atomic E-state index is 0.105. The maximum Gasteiger partial charge on any atom is 0.435 e. The predicted octanol–water partition coefficient (Wildman–Crippen LogP) is 4.60. The first-order valence-electron chi connectivity index (χ1n) is 8.69. The van der Waals surface area contributed by atoms with E-state index in [0.29, 0.717) is 33.7 Å². The molecule has 0 unspecified atom stereocenters. The van der Waals surface area contributed by atoms with E-state index < -0.39 is 11.9 Å². The van der Waals surface area contributed by atoms with Gasteiger partial charge in [0.05, 0.1) is 30.9 Å². The van der Waals surface area contributed by atoms with E-state index in [0.717, 1.165) is 0 Å². The van der Waals surface area contributed by atoms with E-state index in [1.807, 2.05) is 0 Å². The summed E-state index contributed by atoms with van der Waals surface area (Å²) in [6.45, 7) is 3.30. The van der Waals surface area contributed by atoms with Gasteiger partial charge in [-0.1, -0.05) is 0 Å². The van der Waals surface area contributed by atoms with E-state index in [4.69, 9.17) is 9.47 Å². The van der Waals surface area contributed by atoms with Crippen LogP contribution in [0.1, 0.15) is 17.0 Å². The fourth-order valence-corrected chi connectivity index (χ4v) is 3.44. The molecule has 1 aromatic carbocycles. The summed E-state index contributed by atoms with van der Waals surface area (Å²) < 4.78 is 53.7. The molecule has 3 aromatic heterocycles. The monoisotopic (exact) mass is 402 g/mol. The van der Waals surface area contributed by atoms with Crippen LogP contribution in [0.3, 0.4) is 0 Å². The van der Waals surface area contributed by atoms with Gasteiger partial charge in [-0.2, -0.15) is 13.2 Å². The van der Waals surface area contributed by atoms with Crippen molar-refractivity contribution in [2.24, 2.45) is 0 Å². The highest BCUT2D eigenvalue weighted by molar-refractivity contribution is 5.89. The first-order chi connectivity index (χ1) is 13.8. The highest BCUT2D eigenvalue weighted by Crippen LogP contribution is 2.40. The van der Waals surface area contributed by atoms with Gasteiger partial charge in [-0.25, -0.2) is 9.97 Å². The average molecular weight is 402 g/mol. The Morgan fingerprint density at radius 3 is 2.41 bits per heavy atom. The van der Waals surface area contributed by atoms with Crippen molar-refractivity contribution in [3.8, 4) is 22.9 Å². The third-order valence-corrected chi connectivity index (χ3v) is 4.75. The lowest BCUT2D eigenvalue weighted by atomic mass is 10.1. The van der Waals surface area contributed by atoms with Gasteiger partial charge >= 0.3 is 6.18 Å². The van der Waals surface area contributed by atoms with Crippen molar-refractivity contribution in [3.05, 3.63) is 47.5 Å². The molecule has 150 valence electrons. The maximum atomic E-state index is 13.9. The van der Waals surface area contributed by atoms with Gasteiger partial charge in [0, 0.05) is 30.1 Å². The van der Waals surface area contributed by atoms with E-state index in [-0.39, 0.29) is 17.0 Å². The van der Waals surface area contributed by atoms with Crippen LogP contribution < -0.4 is 9.47 Å². The van der Waals surface area contributed by atoms with Crippen molar-refractivity contribution in [1.82, 2.24) is 19.4 Å². The number of rotatable bonds is 3. The molecule has 6 nitrogen and oxygen atoms in total. The number of aryl methyl sites for hydroxylation is 2. The Kier molecular flexibility index (Phi) is 4.33. The normalized spacial score (nSPS) is 12.0. The lowest BCUT2D eigenvalue weighted by Crippen LogP contribution is -2.08. The van der Waals surface area contributed by atoms with Crippen LogP contribution in [-0.2, 0) is 6.18 Å². The number of pyridine rings is 1. The number of fused-ring (bicyclic) bond motifs is 3. The van der Waals surface area contributed by atoms with Crippen molar-refractivity contribution in [2.45, 2.75) is 20.0 Å². The van der Waals surface area contributed by atoms with Crippen LogP contribution in [0, 0.1) is 13.8 Å². The van der Waals surface area contributed by atoms with Crippen molar-refractivity contribution < 1.29 is 22.6 Å². The molecule has 4 rings (SSSR count). The Balaban J connectivity index is 2.28. The van der Waals surface area contributed by atoms with Gasteiger partial charge in [0.2, 0.25) is 0 Å². The molecule has 9 heteroatoms. The van der Waals surface area contributed by atoms with Gasteiger partial charge in [0.15, 0.2) is 5.69 Å². The number of methoxy groups -OCH3 is 2. The van der Waals surface area contributed by atoms with Crippen LogP contribution in [0.4, 0.5) is 13.2 Å². The third-order valence-electron chi connectivity index (χ3n) is 4.75. The van der Waals surface area contributed by atoms with Crippen LogP contribution in [0.25, 0.3) is 27.9 Å². The fraction of sp³-hybridized carbons (Fsp3) is 0.250. The number of aromatic nitrogens is 4. The summed E-state index contributed by atoms with van der Waals surface area (Å²) in [6.07, 6.45) is -1.54. The second-order valence-corrected chi connectivity index (χ2v) is 6.55. The topological polar surface area (TPSA) is 61.5 Å². The molecular formula is C20H17F3N4O2. The molecule has 0 atom stereocenters. The third kappa shape index (κ3) is 2.93. The second kappa shape index (κ2) is 6.61. The Morgan fingerprint density at radius 1 is 1.03 bits per heavy atom. The minimum atomic E-state index is -4.65. The Hall–Kier alpha value is -3.36. The SMILES string of the molecule is COc1cc(OC)c2nc(C)c3c(C(F)(F)F)nc(-c4ccncc4C)n3c2c1. The number of halogens is 3. The lowest BCUT2D eigenvalue weighted by molar-refractivity contribution is -0.139. The number of hydrogen-bond acceptors (Lipinski definition) is 5. The molecular weight excluding hydrogens is 385 g/mol. The van der Waals surface area contributed by atoms with Crippen LogP contribution >= 0.6 is 0 Å². The Morgan fingerprint density at radius 2 is 1.79 bits per heavy atom. The van der Waals surface area contributed by atoms with E-state index in [1.54, 1.807) is 31.3 Å². The summed E-state index contributed by atoms with van der Waals surface area (Å²) >= 11 is 0. The van der Waals surface area contributed by atoms with Gasteiger partial charge in [0.25, 0.3) is 0 Å². The van der Waals surface area contributed by atoms with Crippen molar-refractivity contribution in [2.75, 3.05) is 14.2 Å². The van der Waals surface area contributed by atoms with E-state index in [2.05, 4.69) is 15.0 Å². The number of nitrogens with zero attached hydrogens (tertiary/aromatic N) is 4. The summed E-state index contributed by atoms with van der Waals surface area (Å²) in [4.78, 5) is 12.4. The molecule has 0 radical (unpaired) electrons. The molecule has 4 aromatic rings. The molecule has 0 aliphatic rings. The van der Waals surface area contributed by atoms with Crippen LogP contribution in [0.15, 0.2) is 30.6 Å². The number of benzene rings is 1. The number of ether oxygens (including phenoxy) is 2. The van der Waals surface area contributed by atoms with Crippen molar-refractivity contribution in [1.29, 1.82) is 0 Å². The summed E-state index contributed by atoms with van der Waals surface area (Å²) in [5, 5.41) is 0. The highest BCUT2D eigenvalue weighted by Gasteiger charge is 2.38. The zero-order valence-corrected chi connectivity index (χ0v) is 16.1. The summed E-state index contributed by atoms with van der Waals surface area (Å²) in [5.41, 5.74) is 1.15. The Bertz CT molecular complexity index is 1250. The zero-order chi connectivity index (χ0) is 20.9. The minimum Gasteiger partial charge on any atom is -0.497 e. The number of imidazole rings is 1. The van der Waals surface area contributed by atoms with E-state index in [1.165, 1.54) is 31.7 Å². The average Bonchev–Trinajstić information content (AvgIpc) is 3.09. The molecule has 29 heavy (non-hydrogen) atoms. The van der Waals surface area contributed by atoms with E-state index >= 15 is 0 Å². The molecule has 0 aliphatic heterocycles. The van der Waals surface area contributed by atoms with Gasteiger partial charge in [0.1, 0.15) is 22.8 Å². The summed E-state index contributed by atoms with van der Waals surface area (Å²) in [7, 11) is 2.95. The van der Waals surface area contributed by atoms with Crippen LogP contribution in [0.5, 0.6) is 11.5 Å². The molecule has 0 saturated carbocycles. The molecule has 0 bridgehead atoms. The van der Waals surface area contributed by atoms with Crippen LogP contribution in [0.2, 0.25) is 0 Å². The lowest BCUT2D eigenvalue weighted by Gasteiger charge is -2.13. The van der Waals surface area contributed by atoms with Gasteiger partial charge < -0.3 is 9.47 Å². The molecule has 0 spiro atoms. The van der Waals surface area contributed by atoms with Crippen LogP contribution in [-0.4, -0.2) is 33.6 Å². The molecule has 0 amide bonds. The molecule has 0 N–H and O–H groups in total. The first kappa shape index (κ1) is 19.0. The quantitative estimate of drug-likeness (QED) is 0.501. The van der Waals surface area contributed by atoms with E-state index in [9.17, 15) is 13.2 Å². The first-order valence-corrected chi connectivity index (χ1v) is 8.69. The van der Waals surface area contributed by atoms with Gasteiger partial charge in [-0.05, 0) is 25.5 Å². The Labute approximate surface area is 163 Å². The zero-order valence-electron chi connectivity index (χ0n) is 16.1. The second-order valence-electron chi connectivity index (χ2n) is 6.55. The summed E-state index contributed by atoms with van der Waals surface area (Å²) in [6, 6.07) is 4.90. The largest absolute Gasteiger partial charge is 0.497 e. The standard InChI is InChI=1S/C20H17F3N4O2/c1-10-9-24-6-5-13(10)19-26-18(20(21,22)23)17-11(2)25-16-14(27(17)19)7-12(28-3)8-15(16)29-4/h5-9H,1-4H3. The fourth-order valence-electron chi connectivity index (χ4n) is 3.44. The van der Waals surface area contributed by atoms with Crippen molar-refractivity contribution in [3.63, 3.8) is 0 Å². The highest BCUT2D eigenvalue weighted by atomic mass is 19.4. The maximum absolute atomic E-state index is 13.9. The molecule has 0 saturated heterocycles. The molecule has 0 aliphatic carbocycles. The molecule has 0 fully saturated rings. The van der Waals surface area contributed by atoms with Crippen molar-refractivity contribution >= 4 is 16.6 Å². The van der Waals surface area contributed by atoms with Gasteiger partial charge in [-0.3, -0.25) is 9.38 Å². The predicted molar refractivity (Wildman–Crippen MR) is 101 cm³/mol. The van der Waals surface area contributed by atoms with Gasteiger partial charge in [-0.15, -0.1) is 0 Å². The summed E-state index contributed by atoms with van der Waals surface area (Å²) in [5.74, 6) is 0.975.